The van der Waals surface area contributed by atoms with E-state index < -0.39 is 0 Å². The number of pyridine rings is 1. The lowest BCUT2D eigenvalue weighted by molar-refractivity contribution is -0.700. The summed E-state index contributed by atoms with van der Waals surface area (Å²) in [4.78, 5) is 0. The third-order valence-electron chi connectivity index (χ3n) is 1.74. The molecule has 0 aliphatic heterocycles. The van der Waals surface area contributed by atoms with Crippen LogP contribution in [0.25, 0.3) is 0 Å². The predicted molar refractivity (Wildman–Crippen MR) is 41.7 cm³/mol. The number of halogens is 1. The van der Waals surface area contributed by atoms with Crippen LogP contribution < -0.4 is 17.0 Å². The van der Waals surface area contributed by atoms with Crippen LogP contribution in [0.3, 0.4) is 0 Å². The second-order valence-electron chi connectivity index (χ2n) is 2.33. The van der Waals surface area contributed by atoms with Crippen LogP contribution in [-0.2, 0) is 13.0 Å². The van der Waals surface area contributed by atoms with Crippen molar-refractivity contribution in [3.8, 4) is 0 Å². The molecule has 0 aromatic carbocycles. The molecule has 0 spiro atoms. The molecule has 0 fully saturated rings. The zero-order valence-electron chi connectivity index (χ0n) is 7.05. The zero-order chi connectivity index (χ0) is 7.40. The number of rotatable bonds is 2. The Labute approximate surface area is 74.5 Å². The topological polar surface area (TPSA) is 3.88 Å². The van der Waals surface area contributed by atoms with Crippen molar-refractivity contribution in [2.75, 3.05) is 0 Å². The van der Waals surface area contributed by atoms with Gasteiger partial charge in [0, 0.05) is 18.6 Å². The van der Waals surface area contributed by atoms with Gasteiger partial charge in [-0.05, 0) is 6.92 Å². The first kappa shape index (κ1) is 10.4. The Morgan fingerprint density at radius 1 is 1.27 bits per heavy atom. The van der Waals surface area contributed by atoms with Gasteiger partial charge in [0.05, 0.1) is 0 Å². The minimum atomic E-state index is 0. The molecule has 0 bridgehead atoms. The van der Waals surface area contributed by atoms with Crippen LogP contribution >= 0.6 is 0 Å². The molecule has 0 aliphatic rings. The van der Waals surface area contributed by atoms with Crippen molar-refractivity contribution < 1.29 is 17.0 Å². The van der Waals surface area contributed by atoms with Crippen molar-refractivity contribution in [3.63, 3.8) is 0 Å². The molecule has 1 heterocycles. The summed E-state index contributed by atoms with van der Waals surface area (Å²) in [6.07, 6.45) is 3.24. The van der Waals surface area contributed by atoms with Crippen molar-refractivity contribution in [1.82, 2.24) is 0 Å². The Kier molecular flexibility index (Phi) is 4.88. The summed E-state index contributed by atoms with van der Waals surface area (Å²) >= 11 is 0. The predicted octanol–water partition coefficient (Wildman–Crippen LogP) is -1.44. The van der Waals surface area contributed by atoms with Gasteiger partial charge in [0.2, 0.25) is 0 Å². The molecule has 0 unspecified atom stereocenters. The Morgan fingerprint density at radius 2 is 2.00 bits per heavy atom. The Morgan fingerprint density at radius 3 is 2.45 bits per heavy atom. The summed E-state index contributed by atoms with van der Waals surface area (Å²) in [5.41, 5.74) is 1.41. The zero-order valence-corrected chi connectivity index (χ0v) is 7.80. The minimum absolute atomic E-state index is 0. The van der Waals surface area contributed by atoms with E-state index in [-0.39, 0.29) is 12.4 Å². The van der Waals surface area contributed by atoms with Crippen LogP contribution in [0.5, 0.6) is 0 Å². The Hall–Kier alpha value is -0.560. The van der Waals surface area contributed by atoms with E-state index in [0.29, 0.717) is 0 Å². The van der Waals surface area contributed by atoms with E-state index in [1.54, 1.807) is 0 Å². The molecule has 0 amide bonds. The maximum Gasteiger partial charge on any atom is 0.181 e. The van der Waals surface area contributed by atoms with E-state index >= 15 is 0 Å². The average Bonchev–Trinajstić information content (AvgIpc) is 2.04. The first-order valence-corrected chi connectivity index (χ1v) is 3.85. The minimum Gasteiger partial charge on any atom is -1.00 e. The molecule has 2 heteroatoms. The standard InChI is InChI=1S/C9H14N.ClH/c1-3-9-7-5-6-8-10(9)4-2;/h5-8H,3-4H2,1-2H3;1H/q+1;/p-1. The molecular formula is C9H14ClN. The summed E-state index contributed by atoms with van der Waals surface area (Å²) in [5.74, 6) is 0. The molecule has 0 saturated heterocycles. The fourth-order valence-corrected chi connectivity index (χ4v) is 1.14. The summed E-state index contributed by atoms with van der Waals surface area (Å²) < 4.78 is 2.26. The van der Waals surface area contributed by atoms with Gasteiger partial charge in [-0.15, -0.1) is 0 Å². The Balaban J connectivity index is 0.000001000. The molecule has 0 radical (unpaired) electrons. The molecule has 1 rings (SSSR count). The molecular weight excluding hydrogens is 158 g/mol. The summed E-state index contributed by atoms with van der Waals surface area (Å²) in [6, 6.07) is 6.33. The molecule has 0 saturated carbocycles. The lowest BCUT2D eigenvalue weighted by Gasteiger charge is -1.96. The van der Waals surface area contributed by atoms with Crippen molar-refractivity contribution in [2.24, 2.45) is 0 Å². The van der Waals surface area contributed by atoms with Crippen LogP contribution in [0.1, 0.15) is 19.5 Å². The number of hydrogen-bond donors (Lipinski definition) is 0. The highest BCUT2D eigenvalue weighted by Crippen LogP contribution is 1.90. The highest BCUT2D eigenvalue weighted by molar-refractivity contribution is 4.96. The van der Waals surface area contributed by atoms with Gasteiger partial charge in [0.15, 0.2) is 11.9 Å². The number of hydrogen-bond acceptors (Lipinski definition) is 0. The van der Waals surface area contributed by atoms with Gasteiger partial charge in [-0.1, -0.05) is 13.0 Å². The maximum atomic E-state index is 2.26. The molecule has 62 valence electrons. The second kappa shape index (κ2) is 5.14. The smallest absolute Gasteiger partial charge is 0.181 e. The molecule has 0 aliphatic carbocycles. The number of nitrogens with zero attached hydrogens (tertiary/aromatic N) is 1. The normalized spacial score (nSPS) is 8.91. The molecule has 1 nitrogen and oxygen atoms in total. The van der Waals surface area contributed by atoms with Crippen molar-refractivity contribution in [2.45, 2.75) is 26.8 Å². The van der Waals surface area contributed by atoms with Gasteiger partial charge in [-0.25, -0.2) is 4.57 Å². The van der Waals surface area contributed by atoms with Gasteiger partial charge in [-0.3, -0.25) is 0 Å². The fraction of sp³-hybridized carbons (Fsp3) is 0.444. The van der Waals surface area contributed by atoms with Crippen molar-refractivity contribution >= 4 is 0 Å². The number of aryl methyl sites for hydroxylation is 2. The maximum absolute atomic E-state index is 2.26. The van der Waals surface area contributed by atoms with E-state index in [2.05, 4.69) is 42.8 Å². The van der Waals surface area contributed by atoms with Gasteiger partial charge < -0.3 is 12.4 Å². The SMILES string of the molecule is CCc1cccc[n+]1CC.[Cl-]. The lowest BCUT2D eigenvalue weighted by Crippen LogP contribution is -3.00. The van der Waals surface area contributed by atoms with E-state index in [9.17, 15) is 0 Å². The monoisotopic (exact) mass is 171 g/mol. The van der Waals surface area contributed by atoms with Gasteiger partial charge in [0.25, 0.3) is 0 Å². The van der Waals surface area contributed by atoms with Gasteiger partial charge in [0.1, 0.15) is 6.54 Å². The van der Waals surface area contributed by atoms with Crippen LogP contribution in [0, 0.1) is 0 Å². The second-order valence-corrected chi connectivity index (χ2v) is 2.33. The molecule has 0 atom stereocenters. The van der Waals surface area contributed by atoms with Crippen molar-refractivity contribution in [1.29, 1.82) is 0 Å². The fourth-order valence-electron chi connectivity index (χ4n) is 1.14. The molecule has 11 heavy (non-hydrogen) atoms. The average molecular weight is 172 g/mol. The summed E-state index contributed by atoms with van der Waals surface area (Å²) in [5, 5.41) is 0. The van der Waals surface area contributed by atoms with E-state index in [1.807, 2.05) is 0 Å². The van der Waals surface area contributed by atoms with Crippen LogP contribution in [0.2, 0.25) is 0 Å². The van der Waals surface area contributed by atoms with Gasteiger partial charge in [-0.2, -0.15) is 0 Å². The lowest BCUT2D eigenvalue weighted by atomic mass is 10.3. The molecule has 1 aromatic heterocycles. The quantitative estimate of drug-likeness (QED) is 0.480. The summed E-state index contributed by atoms with van der Waals surface area (Å²) in [7, 11) is 0. The van der Waals surface area contributed by atoms with Crippen LogP contribution in [0.4, 0.5) is 0 Å². The largest absolute Gasteiger partial charge is 1.00 e. The summed E-state index contributed by atoms with van der Waals surface area (Å²) in [6.45, 7) is 5.42. The first-order valence-electron chi connectivity index (χ1n) is 3.85. The van der Waals surface area contributed by atoms with E-state index in [4.69, 9.17) is 0 Å². The third kappa shape index (κ3) is 2.51. The first-order chi connectivity index (χ1) is 4.88. The molecule has 0 N–H and O–H groups in total. The highest BCUT2D eigenvalue weighted by atomic mass is 35.5. The van der Waals surface area contributed by atoms with Crippen LogP contribution in [-0.4, -0.2) is 0 Å². The van der Waals surface area contributed by atoms with Crippen LogP contribution in [0.15, 0.2) is 24.4 Å². The number of aromatic nitrogens is 1. The third-order valence-corrected chi connectivity index (χ3v) is 1.74. The molecule has 1 aromatic rings. The highest BCUT2D eigenvalue weighted by Gasteiger charge is 2.01. The van der Waals surface area contributed by atoms with E-state index in [0.717, 1.165) is 13.0 Å². The van der Waals surface area contributed by atoms with Gasteiger partial charge >= 0.3 is 0 Å². The Bertz CT molecular complexity index is 187. The van der Waals surface area contributed by atoms with Crippen molar-refractivity contribution in [3.05, 3.63) is 30.1 Å². The van der Waals surface area contributed by atoms with E-state index in [1.165, 1.54) is 5.69 Å².